The smallest absolute Gasteiger partial charge is 0.302 e. The summed E-state index contributed by atoms with van der Waals surface area (Å²) in [5, 5.41) is 0. The molecule has 0 unspecified atom stereocenters. The summed E-state index contributed by atoms with van der Waals surface area (Å²) in [6.45, 7) is 3.89. The molecule has 0 aromatic rings. The van der Waals surface area contributed by atoms with Crippen LogP contribution in [-0.2, 0) is 9.53 Å². The van der Waals surface area contributed by atoms with Gasteiger partial charge in [0.25, 0.3) is 0 Å². The standard InChI is InChI=1S/C25H44O2/c1-3-4-20-5-7-21(8-6-20)9-10-22-11-13-23(14-12-22)24-15-17-25(18-16-24)27-19(2)26/h20-25H,3-18H2,1-2H3. The largest absolute Gasteiger partial charge is 0.463 e. The van der Waals surface area contributed by atoms with Crippen molar-refractivity contribution in [3.05, 3.63) is 0 Å². The summed E-state index contributed by atoms with van der Waals surface area (Å²) in [6.07, 6.45) is 22.8. The first kappa shape index (κ1) is 21.2. The maximum absolute atomic E-state index is 11.1. The Balaban J connectivity index is 1.28. The Morgan fingerprint density at radius 1 is 0.667 bits per heavy atom. The van der Waals surface area contributed by atoms with Crippen molar-refractivity contribution in [2.24, 2.45) is 29.6 Å². The number of carbonyl (C=O) groups excluding carboxylic acids is 1. The third-order valence-corrected chi connectivity index (χ3v) is 8.26. The molecule has 3 rings (SSSR count). The highest BCUT2D eigenvalue weighted by molar-refractivity contribution is 5.66. The summed E-state index contributed by atoms with van der Waals surface area (Å²) < 4.78 is 5.41. The van der Waals surface area contributed by atoms with Crippen LogP contribution >= 0.6 is 0 Å². The van der Waals surface area contributed by atoms with Crippen LogP contribution in [0, 0.1) is 29.6 Å². The minimum absolute atomic E-state index is 0.0993. The minimum Gasteiger partial charge on any atom is -0.463 e. The first-order chi connectivity index (χ1) is 13.1. The molecule has 0 heterocycles. The molecule has 0 aliphatic heterocycles. The van der Waals surface area contributed by atoms with E-state index in [1.54, 1.807) is 6.92 Å². The lowest BCUT2D eigenvalue weighted by molar-refractivity contribution is -0.148. The summed E-state index contributed by atoms with van der Waals surface area (Å²) >= 11 is 0. The normalized spacial score (nSPS) is 37.7. The minimum atomic E-state index is -0.0993. The van der Waals surface area contributed by atoms with Gasteiger partial charge < -0.3 is 4.74 Å². The number of rotatable bonds is 7. The van der Waals surface area contributed by atoms with Crippen LogP contribution in [0.5, 0.6) is 0 Å². The molecule has 0 aromatic heterocycles. The Kier molecular flexibility index (Phi) is 8.52. The lowest BCUT2D eigenvalue weighted by atomic mass is 9.69. The van der Waals surface area contributed by atoms with Gasteiger partial charge in [-0.2, -0.15) is 0 Å². The van der Waals surface area contributed by atoms with Crippen molar-refractivity contribution >= 4 is 5.97 Å². The van der Waals surface area contributed by atoms with Crippen molar-refractivity contribution in [2.75, 3.05) is 0 Å². The highest BCUT2D eigenvalue weighted by atomic mass is 16.5. The second-order valence-electron chi connectivity index (χ2n) is 10.2. The van der Waals surface area contributed by atoms with Crippen molar-refractivity contribution in [3.8, 4) is 0 Å². The van der Waals surface area contributed by atoms with Crippen LogP contribution in [0.25, 0.3) is 0 Å². The van der Waals surface area contributed by atoms with Crippen molar-refractivity contribution in [1.82, 2.24) is 0 Å². The molecule has 0 bridgehead atoms. The van der Waals surface area contributed by atoms with Gasteiger partial charge in [0.2, 0.25) is 0 Å². The van der Waals surface area contributed by atoms with Crippen LogP contribution in [0.1, 0.15) is 117 Å². The Morgan fingerprint density at radius 2 is 1.07 bits per heavy atom. The van der Waals surface area contributed by atoms with Crippen LogP contribution in [0.4, 0.5) is 0 Å². The first-order valence-corrected chi connectivity index (χ1v) is 12.3. The zero-order chi connectivity index (χ0) is 19.1. The van der Waals surface area contributed by atoms with Crippen molar-refractivity contribution < 1.29 is 9.53 Å². The zero-order valence-corrected chi connectivity index (χ0v) is 18.1. The third kappa shape index (κ3) is 6.79. The molecule has 0 radical (unpaired) electrons. The van der Waals surface area contributed by atoms with E-state index in [4.69, 9.17) is 4.74 Å². The molecule has 0 saturated heterocycles. The SMILES string of the molecule is CCCC1CCC(CCC2CCC(C3CCC(OC(C)=O)CC3)CC2)CC1. The molecule has 3 aliphatic carbocycles. The van der Waals surface area contributed by atoms with Crippen LogP contribution in [0.15, 0.2) is 0 Å². The average molecular weight is 377 g/mol. The van der Waals surface area contributed by atoms with Gasteiger partial charge in [0.15, 0.2) is 0 Å². The van der Waals surface area contributed by atoms with Gasteiger partial charge in [-0.3, -0.25) is 4.79 Å². The van der Waals surface area contributed by atoms with Crippen LogP contribution in [0.2, 0.25) is 0 Å². The van der Waals surface area contributed by atoms with E-state index in [1.807, 2.05) is 0 Å². The molecule has 0 spiro atoms. The van der Waals surface area contributed by atoms with E-state index >= 15 is 0 Å². The summed E-state index contributed by atoms with van der Waals surface area (Å²) in [6, 6.07) is 0. The lowest BCUT2D eigenvalue weighted by Crippen LogP contribution is -2.29. The second kappa shape index (κ2) is 10.9. The fourth-order valence-electron chi connectivity index (χ4n) is 6.55. The molecule has 3 aliphatic rings. The van der Waals surface area contributed by atoms with Crippen molar-refractivity contribution in [3.63, 3.8) is 0 Å². The lowest BCUT2D eigenvalue weighted by Gasteiger charge is -2.38. The van der Waals surface area contributed by atoms with E-state index in [1.165, 1.54) is 89.9 Å². The van der Waals surface area contributed by atoms with Gasteiger partial charge in [-0.1, -0.05) is 71.1 Å². The molecule has 2 heteroatoms. The summed E-state index contributed by atoms with van der Waals surface area (Å²) in [5.41, 5.74) is 0. The van der Waals surface area contributed by atoms with Crippen molar-refractivity contribution in [2.45, 2.75) is 123 Å². The monoisotopic (exact) mass is 376 g/mol. The summed E-state index contributed by atoms with van der Waals surface area (Å²) in [4.78, 5) is 11.1. The predicted molar refractivity (Wildman–Crippen MR) is 113 cm³/mol. The number of hydrogen-bond acceptors (Lipinski definition) is 2. The molecular formula is C25H44O2. The molecule has 3 saturated carbocycles. The Morgan fingerprint density at radius 3 is 1.52 bits per heavy atom. The van der Waals surface area contributed by atoms with Gasteiger partial charge in [0.1, 0.15) is 6.10 Å². The van der Waals surface area contributed by atoms with Crippen molar-refractivity contribution in [1.29, 1.82) is 0 Å². The number of carbonyl (C=O) groups is 1. The van der Waals surface area contributed by atoms with Gasteiger partial charge in [-0.15, -0.1) is 0 Å². The van der Waals surface area contributed by atoms with E-state index in [-0.39, 0.29) is 12.1 Å². The summed E-state index contributed by atoms with van der Waals surface area (Å²) in [5.74, 6) is 4.89. The van der Waals surface area contributed by atoms with Crippen LogP contribution in [0.3, 0.4) is 0 Å². The molecule has 0 aromatic carbocycles. The van der Waals surface area contributed by atoms with E-state index in [2.05, 4.69) is 6.92 Å². The molecule has 0 N–H and O–H groups in total. The van der Waals surface area contributed by atoms with E-state index in [0.717, 1.165) is 42.4 Å². The Labute approximate surface area is 168 Å². The molecule has 27 heavy (non-hydrogen) atoms. The van der Waals surface area contributed by atoms with Gasteiger partial charge in [0.05, 0.1) is 0 Å². The van der Waals surface area contributed by atoms with Gasteiger partial charge >= 0.3 is 5.97 Å². The number of hydrogen-bond donors (Lipinski definition) is 0. The third-order valence-electron chi connectivity index (χ3n) is 8.26. The average Bonchev–Trinajstić information content (AvgIpc) is 2.68. The van der Waals surface area contributed by atoms with E-state index in [0.29, 0.717) is 0 Å². The maximum Gasteiger partial charge on any atom is 0.302 e. The van der Waals surface area contributed by atoms with Crippen LogP contribution in [-0.4, -0.2) is 12.1 Å². The Hall–Kier alpha value is -0.530. The molecule has 0 amide bonds. The number of esters is 1. The number of ether oxygens (including phenoxy) is 1. The molecular weight excluding hydrogens is 332 g/mol. The first-order valence-electron chi connectivity index (χ1n) is 12.3. The quantitative estimate of drug-likeness (QED) is 0.436. The van der Waals surface area contributed by atoms with E-state index in [9.17, 15) is 4.79 Å². The highest BCUT2D eigenvalue weighted by Gasteiger charge is 2.32. The van der Waals surface area contributed by atoms with Gasteiger partial charge in [0, 0.05) is 6.92 Å². The second-order valence-corrected chi connectivity index (χ2v) is 10.2. The molecule has 2 nitrogen and oxygen atoms in total. The van der Waals surface area contributed by atoms with Crippen LogP contribution < -0.4 is 0 Å². The molecule has 0 atom stereocenters. The highest BCUT2D eigenvalue weighted by Crippen LogP contribution is 2.42. The van der Waals surface area contributed by atoms with Gasteiger partial charge in [-0.05, 0) is 68.1 Å². The molecule has 3 fully saturated rings. The summed E-state index contributed by atoms with van der Waals surface area (Å²) in [7, 11) is 0. The topological polar surface area (TPSA) is 26.3 Å². The Bertz CT molecular complexity index is 422. The van der Waals surface area contributed by atoms with Gasteiger partial charge in [-0.25, -0.2) is 0 Å². The van der Waals surface area contributed by atoms with E-state index < -0.39 is 0 Å². The maximum atomic E-state index is 11.1. The predicted octanol–water partition coefficient (Wildman–Crippen LogP) is 7.30. The molecule has 156 valence electrons. The zero-order valence-electron chi connectivity index (χ0n) is 18.1. The fraction of sp³-hybridized carbons (Fsp3) is 0.960. The fourth-order valence-corrected chi connectivity index (χ4v) is 6.55.